The van der Waals surface area contributed by atoms with Gasteiger partial charge in [0.15, 0.2) is 17.5 Å². The summed E-state index contributed by atoms with van der Waals surface area (Å²) in [4.78, 5) is 32.7. The standard InChI is InChI=1S/C13H13F2NO6/c1-3-7(12(17)21-4-2)13(18)22-11-6-8(14)10(16(19)20)5-9(11)15/h5-7H,3-4H2,1-2H3. The third-order valence-corrected chi connectivity index (χ3v) is 2.67. The lowest BCUT2D eigenvalue weighted by Crippen LogP contribution is -2.29. The maximum Gasteiger partial charge on any atom is 0.325 e. The summed E-state index contributed by atoms with van der Waals surface area (Å²) in [6.45, 7) is 3.10. The quantitative estimate of drug-likeness (QED) is 0.263. The molecule has 1 unspecified atom stereocenters. The normalized spacial score (nSPS) is 11.6. The summed E-state index contributed by atoms with van der Waals surface area (Å²) in [5.74, 6) is -6.77. The van der Waals surface area contributed by atoms with Crippen molar-refractivity contribution in [2.75, 3.05) is 6.61 Å². The Morgan fingerprint density at radius 3 is 2.36 bits per heavy atom. The Balaban J connectivity index is 2.99. The van der Waals surface area contributed by atoms with Crippen molar-refractivity contribution in [2.45, 2.75) is 20.3 Å². The zero-order chi connectivity index (χ0) is 16.9. The van der Waals surface area contributed by atoms with Gasteiger partial charge < -0.3 is 9.47 Å². The molecular weight excluding hydrogens is 304 g/mol. The van der Waals surface area contributed by atoms with Crippen LogP contribution in [-0.4, -0.2) is 23.5 Å². The number of hydrogen-bond donors (Lipinski definition) is 0. The van der Waals surface area contributed by atoms with E-state index in [1.807, 2.05) is 0 Å². The molecule has 0 aromatic heterocycles. The molecule has 9 heteroatoms. The van der Waals surface area contributed by atoms with Crippen molar-refractivity contribution in [3.63, 3.8) is 0 Å². The Hall–Kier alpha value is -2.58. The number of hydrogen-bond acceptors (Lipinski definition) is 6. The first-order chi connectivity index (χ1) is 10.3. The second kappa shape index (κ2) is 7.43. The van der Waals surface area contributed by atoms with E-state index >= 15 is 0 Å². The Labute approximate surface area is 124 Å². The minimum atomic E-state index is -1.36. The van der Waals surface area contributed by atoms with Gasteiger partial charge in [0.2, 0.25) is 5.82 Å². The number of benzene rings is 1. The molecule has 0 fully saturated rings. The van der Waals surface area contributed by atoms with Gasteiger partial charge in [-0.25, -0.2) is 4.39 Å². The second-order valence-electron chi connectivity index (χ2n) is 4.13. The summed E-state index contributed by atoms with van der Waals surface area (Å²) in [6.07, 6.45) is 0.0365. The minimum absolute atomic E-state index is 0.0365. The van der Waals surface area contributed by atoms with Gasteiger partial charge in [-0.05, 0) is 13.3 Å². The van der Waals surface area contributed by atoms with Crippen molar-refractivity contribution in [3.8, 4) is 5.75 Å². The van der Waals surface area contributed by atoms with E-state index in [0.717, 1.165) is 0 Å². The first kappa shape index (κ1) is 17.5. The van der Waals surface area contributed by atoms with Crippen LogP contribution >= 0.6 is 0 Å². The smallest absolute Gasteiger partial charge is 0.325 e. The third-order valence-electron chi connectivity index (χ3n) is 2.67. The number of nitrogens with zero attached hydrogens (tertiary/aromatic N) is 1. The van der Waals surface area contributed by atoms with Crippen molar-refractivity contribution in [2.24, 2.45) is 5.92 Å². The van der Waals surface area contributed by atoms with Gasteiger partial charge in [-0.2, -0.15) is 4.39 Å². The number of ether oxygens (including phenoxy) is 2. The van der Waals surface area contributed by atoms with Crippen LogP contribution in [-0.2, 0) is 14.3 Å². The van der Waals surface area contributed by atoms with E-state index in [0.29, 0.717) is 12.1 Å². The molecule has 0 radical (unpaired) electrons. The highest BCUT2D eigenvalue weighted by atomic mass is 19.1. The fourth-order valence-electron chi connectivity index (χ4n) is 1.59. The first-order valence-corrected chi connectivity index (χ1v) is 6.33. The lowest BCUT2D eigenvalue weighted by Gasteiger charge is -2.13. The molecule has 22 heavy (non-hydrogen) atoms. The van der Waals surface area contributed by atoms with Gasteiger partial charge >= 0.3 is 17.6 Å². The van der Waals surface area contributed by atoms with Crippen LogP contribution in [0.1, 0.15) is 20.3 Å². The molecule has 0 aliphatic rings. The van der Waals surface area contributed by atoms with E-state index in [-0.39, 0.29) is 13.0 Å². The van der Waals surface area contributed by atoms with Gasteiger partial charge in [0.25, 0.3) is 0 Å². The van der Waals surface area contributed by atoms with Gasteiger partial charge in [0.05, 0.1) is 17.6 Å². The summed E-state index contributed by atoms with van der Waals surface area (Å²) >= 11 is 0. The summed E-state index contributed by atoms with van der Waals surface area (Å²) in [7, 11) is 0. The average Bonchev–Trinajstić information content (AvgIpc) is 2.43. The highest BCUT2D eigenvalue weighted by molar-refractivity contribution is 5.95. The van der Waals surface area contributed by atoms with Crippen LogP contribution < -0.4 is 4.74 Å². The zero-order valence-corrected chi connectivity index (χ0v) is 11.8. The number of carbonyl (C=O) groups is 2. The van der Waals surface area contributed by atoms with Crippen LogP contribution in [0.3, 0.4) is 0 Å². The molecule has 1 atom stereocenters. The summed E-state index contributed by atoms with van der Waals surface area (Å²) in [5.41, 5.74) is -1.09. The lowest BCUT2D eigenvalue weighted by molar-refractivity contribution is -0.387. The third kappa shape index (κ3) is 3.96. The van der Waals surface area contributed by atoms with Crippen LogP contribution in [0.2, 0.25) is 0 Å². The van der Waals surface area contributed by atoms with E-state index in [4.69, 9.17) is 0 Å². The molecule has 1 rings (SSSR count). The molecule has 0 bridgehead atoms. The average molecular weight is 317 g/mol. The highest BCUT2D eigenvalue weighted by Crippen LogP contribution is 2.27. The van der Waals surface area contributed by atoms with Gasteiger partial charge in [-0.1, -0.05) is 6.92 Å². The molecular formula is C13H13F2NO6. The van der Waals surface area contributed by atoms with Crippen molar-refractivity contribution >= 4 is 17.6 Å². The van der Waals surface area contributed by atoms with E-state index in [2.05, 4.69) is 9.47 Å². The predicted molar refractivity (Wildman–Crippen MR) is 69.1 cm³/mol. The summed E-state index contributed by atoms with van der Waals surface area (Å²) < 4.78 is 36.3. The number of esters is 2. The SMILES string of the molecule is CCOC(=O)C(CC)C(=O)Oc1cc(F)c([N+](=O)[O-])cc1F. The van der Waals surface area contributed by atoms with E-state index < -0.39 is 45.9 Å². The maximum absolute atomic E-state index is 13.6. The lowest BCUT2D eigenvalue weighted by atomic mass is 10.1. The molecule has 0 heterocycles. The van der Waals surface area contributed by atoms with Crippen molar-refractivity contribution in [3.05, 3.63) is 33.9 Å². The van der Waals surface area contributed by atoms with Crippen molar-refractivity contribution in [1.29, 1.82) is 0 Å². The van der Waals surface area contributed by atoms with Crippen LogP contribution in [0.5, 0.6) is 5.75 Å². The van der Waals surface area contributed by atoms with Gasteiger partial charge in [-0.3, -0.25) is 19.7 Å². The molecule has 120 valence electrons. The molecule has 0 aliphatic carbocycles. The topological polar surface area (TPSA) is 95.7 Å². The monoisotopic (exact) mass is 317 g/mol. The van der Waals surface area contributed by atoms with Crippen LogP contribution in [0.25, 0.3) is 0 Å². The van der Waals surface area contributed by atoms with E-state index in [1.165, 1.54) is 6.92 Å². The fraction of sp³-hybridized carbons (Fsp3) is 0.385. The Morgan fingerprint density at radius 1 is 1.23 bits per heavy atom. The number of carbonyl (C=O) groups excluding carboxylic acids is 2. The van der Waals surface area contributed by atoms with Gasteiger partial charge in [-0.15, -0.1) is 0 Å². The van der Waals surface area contributed by atoms with Crippen LogP contribution in [0, 0.1) is 27.7 Å². The van der Waals surface area contributed by atoms with Crippen molar-refractivity contribution in [1.82, 2.24) is 0 Å². The number of nitro benzene ring substituents is 1. The predicted octanol–water partition coefficient (Wildman–Crippen LogP) is 2.37. The summed E-state index contributed by atoms with van der Waals surface area (Å²) in [6, 6.07) is 0.673. The minimum Gasteiger partial charge on any atom is -0.465 e. The number of halogens is 2. The molecule has 1 aromatic rings. The van der Waals surface area contributed by atoms with Crippen molar-refractivity contribution < 1.29 is 32.8 Å². The molecule has 0 amide bonds. The van der Waals surface area contributed by atoms with E-state index in [1.54, 1.807) is 6.92 Å². The fourth-order valence-corrected chi connectivity index (χ4v) is 1.59. The van der Waals surface area contributed by atoms with Crippen LogP contribution in [0.15, 0.2) is 12.1 Å². The zero-order valence-electron chi connectivity index (χ0n) is 11.8. The first-order valence-electron chi connectivity index (χ1n) is 6.33. The van der Waals surface area contributed by atoms with E-state index in [9.17, 15) is 28.5 Å². The Bertz CT molecular complexity index is 604. The molecule has 7 nitrogen and oxygen atoms in total. The Kier molecular flexibility index (Phi) is 5.90. The Morgan fingerprint density at radius 2 is 1.86 bits per heavy atom. The molecule has 0 spiro atoms. The molecule has 0 saturated heterocycles. The maximum atomic E-state index is 13.6. The molecule has 0 saturated carbocycles. The molecule has 0 aliphatic heterocycles. The van der Waals surface area contributed by atoms with Crippen LogP contribution in [0.4, 0.5) is 14.5 Å². The number of nitro groups is 1. The summed E-state index contributed by atoms with van der Waals surface area (Å²) in [5, 5.41) is 10.5. The molecule has 0 N–H and O–H groups in total. The van der Waals surface area contributed by atoms with Gasteiger partial charge in [0, 0.05) is 6.07 Å². The highest BCUT2D eigenvalue weighted by Gasteiger charge is 2.30. The second-order valence-corrected chi connectivity index (χ2v) is 4.13. The largest absolute Gasteiger partial charge is 0.465 e. The molecule has 1 aromatic carbocycles. The number of rotatable bonds is 6. The van der Waals surface area contributed by atoms with Gasteiger partial charge in [0.1, 0.15) is 0 Å².